The fourth-order valence-electron chi connectivity index (χ4n) is 1.96. The molecule has 1 aromatic carbocycles. The number of para-hydroxylation sites is 1. The van der Waals surface area contributed by atoms with Crippen molar-refractivity contribution in [2.75, 3.05) is 5.32 Å². The summed E-state index contributed by atoms with van der Waals surface area (Å²) in [7, 11) is 0. The van der Waals surface area contributed by atoms with Gasteiger partial charge in [-0.15, -0.1) is 0 Å². The van der Waals surface area contributed by atoms with Gasteiger partial charge in [0, 0.05) is 29.5 Å². The average Bonchev–Trinajstić information content (AvgIpc) is 3.00. The Morgan fingerprint density at radius 1 is 1.28 bits per heavy atom. The van der Waals surface area contributed by atoms with E-state index in [1.54, 1.807) is 12.4 Å². The minimum Gasteiger partial charge on any atom is -0.361 e. The van der Waals surface area contributed by atoms with Crippen molar-refractivity contribution in [3.05, 3.63) is 48.4 Å². The number of nitrogens with zero attached hydrogens (tertiary/aromatic N) is 1. The molecule has 0 aliphatic heterocycles. The highest BCUT2D eigenvalue weighted by atomic mass is 16.1. The predicted molar refractivity (Wildman–Crippen MR) is 69.2 cm³/mol. The quantitative estimate of drug-likeness (QED) is 0.655. The predicted octanol–water partition coefficient (Wildman–Crippen LogP) is 2.07. The van der Waals surface area contributed by atoms with Crippen LogP contribution in [0.15, 0.2) is 42.9 Å². The molecule has 2 aromatic heterocycles. The molecule has 0 spiro atoms. The second kappa shape index (κ2) is 4.37. The van der Waals surface area contributed by atoms with Crippen LogP contribution in [0.25, 0.3) is 10.9 Å². The number of aromatic nitrogens is 3. The Labute approximate surface area is 103 Å². The molecule has 1 amide bonds. The SMILES string of the molecule is O=C(Cc1c[nH]c2ccccc12)Nc1ncc[nH]1. The third kappa shape index (κ3) is 1.98. The third-order valence-corrected chi connectivity index (χ3v) is 2.78. The molecule has 0 bridgehead atoms. The molecule has 0 radical (unpaired) electrons. The number of anilines is 1. The number of fused-ring (bicyclic) bond motifs is 1. The van der Waals surface area contributed by atoms with Gasteiger partial charge < -0.3 is 9.97 Å². The van der Waals surface area contributed by atoms with Gasteiger partial charge in [0.05, 0.1) is 6.42 Å². The van der Waals surface area contributed by atoms with E-state index in [1.165, 1.54) is 0 Å². The van der Waals surface area contributed by atoms with Crippen molar-refractivity contribution >= 4 is 22.8 Å². The average molecular weight is 240 g/mol. The topological polar surface area (TPSA) is 73.6 Å². The number of carbonyl (C=O) groups is 1. The van der Waals surface area contributed by atoms with Crippen LogP contribution in [0.2, 0.25) is 0 Å². The van der Waals surface area contributed by atoms with Gasteiger partial charge in [-0.2, -0.15) is 0 Å². The van der Waals surface area contributed by atoms with E-state index in [9.17, 15) is 4.79 Å². The van der Waals surface area contributed by atoms with Gasteiger partial charge in [-0.05, 0) is 11.6 Å². The van der Waals surface area contributed by atoms with E-state index in [4.69, 9.17) is 0 Å². The normalized spacial score (nSPS) is 10.7. The van der Waals surface area contributed by atoms with Crippen molar-refractivity contribution in [2.45, 2.75) is 6.42 Å². The molecule has 18 heavy (non-hydrogen) atoms. The van der Waals surface area contributed by atoms with Crippen LogP contribution in [0.1, 0.15) is 5.56 Å². The fourth-order valence-corrected chi connectivity index (χ4v) is 1.96. The number of imidazole rings is 1. The van der Waals surface area contributed by atoms with Gasteiger partial charge in [0.25, 0.3) is 0 Å². The van der Waals surface area contributed by atoms with Crippen molar-refractivity contribution < 1.29 is 4.79 Å². The van der Waals surface area contributed by atoms with Crippen molar-refractivity contribution in [2.24, 2.45) is 0 Å². The minimum atomic E-state index is -0.0882. The number of H-pyrrole nitrogens is 2. The smallest absolute Gasteiger partial charge is 0.231 e. The number of amides is 1. The number of aromatic amines is 2. The van der Waals surface area contributed by atoms with Crippen molar-refractivity contribution in [1.29, 1.82) is 0 Å². The summed E-state index contributed by atoms with van der Waals surface area (Å²) in [6.07, 6.45) is 5.46. The van der Waals surface area contributed by atoms with Crippen LogP contribution in [0, 0.1) is 0 Å². The molecule has 5 heteroatoms. The van der Waals surface area contributed by atoms with E-state index < -0.39 is 0 Å². The van der Waals surface area contributed by atoms with Crippen LogP contribution in [0.3, 0.4) is 0 Å². The summed E-state index contributed by atoms with van der Waals surface area (Å²) in [5.74, 6) is 0.384. The molecule has 2 heterocycles. The summed E-state index contributed by atoms with van der Waals surface area (Å²) in [6.45, 7) is 0. The van der Waals surface area contributed by atoms with Crippen molar-refractivity contribution in [3.63, 3.8) is 0 Å². The molecular formula is C13H12N4O. The molecule has 0 saturated heterocycles. The van der Waals surface area contributed by atoms with E-state index in [0.29, 0.717) is 12.4 Å². The molecule has 0 fully saturated rings. The van der Waals surface area contributed by atoms with Gasteiger partial charge in [0.2, 0.25) is 11.9 Å². The molecule has 0 unspecified atom stereocenters. The zero-order valence-electron chi connectivity index (χ0n) is 9.60. The molecule has 0 aliphatic carbocycles. The van der Waals surface area contributed by atoms with Crippen LogP contribution < -0.4 is 5.32 Å². The summed E-state index contributed by atoms with van der Waals surface area (Å²) in [4.78, 5) is 21.8. The third-order valence-electron chi connectivity index (χ3n) is 2.78. The zero-order valence-corrected chi connectivity index (χ0v) is 9.60. The number of hydrogen-bond donors (Lipinski definition) is 3. The Hall–Kier alpha value is -2.56. The first-order valence-electron chi connectivity index (χ1n) is 5.67. The fraction of sp³-hybridized carbons (Fsp3) is 0.0769. The molecule has 5 nitrogen and oxygen atoms in total. The first-order chi connectivity index (χ1) is 8.83. The standard InChI is InChI=1S/C13H12N4O/c18-12(17-13-14-5-6-15-13)7-9-8-16-11-4-2-1-3-10(9)11/h1-6,8,16H,7H2,(H2,14,15,17,18). The van der Waals surface area contributed by atoms with Crippen LogP contribution in [0.4, 0.5) is 5.95 Å². The largest absolute Gasteiger partial charge is 0.361 e. The lowest BCUT2D eigenvalue weighted by Gasteiger charge is -2.00. The molecular weight excluding hydrogens is 228 g/mol. The molecule has 0 atom stereocenters. The van der Waals surface area contributed by atoms with Gasteiger partial charge in [-0.25, -0.2) is 4.98 Å². The van der Waals surface area contributed by atoms with Gasteiger partial charge in [-0.1, -0.05) is 18.2 Å². The lowest BCUT2D eigenvalue weighted by Crippen LogP contribution is -2.15. The maximum Gasteiger partial charge on any atom is 0.231 e. The Morgan fingerprint density at radius 2 is 2.17 bits per heavy atom. The van der Waals surface area contributed by atoms with Gasteiger partial charge in [-0.3, -0.25) is 10.1 Å². The number of carbonyl (C=O) groups excluding carboxylic acids is 1. The number of rotatable bonds is 3. The highest BCUT2D eigenvalue weighted by Crippen LogP contribution is 2.18. The number of benzene rings is 1. The summed E-state index contributed by atoms with van der Waals surface area (Å²) >= 11 is 0. The molecule has 90 valence electrons. The lowest BCUT2D eigenvalue weighted by molar-refractivity contribution is -0.115. The highest BCUT2D eigenvalue weighted by Gasteiger charge is 2.09. The highest BCUT2D eigenvalue weighted by molar-refractivity contribution is 5.94. The first kappa shape index (κ1) is 10.6. The maximum atomic E-state index is 11.8. The van der Waals surface area contributed by atoms with E-state index in [1.807, 2.05) is 30.5 Å². The Morgan fingerprint density at radius 3 is 3.00 bits per heavy atom. The zero-order chi connectivity index (χ0) is 12.4. The Bertz CT molecular complexity index is 669. The maximum absolute atomic E-state index is 11.8. The van der Waals surface area contributed by atoms with Crippen molar-refractivity contribution in [1.82, 2.24) is 15.0 Å². The lowest BCUT2D eigenvalue weighted by atomic mass is 10.1. The van der Waals surface area contributed by atoms with E-state index in [2.05, 4.69) is 20.3 Å². The molecule has 0 aliphatic rings. The van der Waals surface area contributed by atoms with Crippen LogP contribution in [-0.4, -0.2) is 20.9 Å². The van der Waals surface area contributed by atoms with Crippen LogP contribution in [-0.2, 0) is 11.2 Å². The number of nitrogens with one attached hydrogen (secondary N) is 3. The van der Waals surface area contributed by atoms with E-state index in [0.717, 1.165) is 16.5 Å². The van der Waals surface area contributed by atoms with Crippen molar-refractivity contribution in [3.8, 4) is 0 Å². The summed E-state index contributed by atoms with van der Waals surface area (Å²) in [5, 5.41) is 3.78. The van der Waals surface area contributed by atoms with Gasteiger partial charge in [0.15, 0.2) is 0 Å². The molecule has 3 rings (SSSR count). The van der Waals surface area contributed by atoms with Crippen LogP contribution in [0.5, 0.6) is 0 Å². The number of hydrogen-bond acceptors (Lipinski definition) is 2. The van der Waals surface area contributed by atoms with E-state index in [-0.39, 0.29) is 5.91 Å². The summed E-state index contributed by atoms with van der Waals surface area (Å²) in [5.41, 5.74) is 2.02. The molecule has 0 saturated carbocycles. The second-order valence-electron chi connectivity index (χ2n) is 4.02. The van der Waals surface area contributed by atoms with Gasteiger partial charge >= 0.3 is 0 Å². The Kier molecular flexibility index (Phi) is 2.57. The molecule has 3 N–H and O–H groups in total. The minimum absolute atomic E-state index is 0.0882. The van der Waals surface area contributed by atoms with Crippen LogP contribution >= 0.6 is 0 Å². The van der Waals surface area contributed by atoms with E-state index >= 15 is 0 Å². The Balaban J connectivity index is 1.78. The summed E-state index contributed by atoms with van der Waals surface area (Å²) < 4.78 is 0. The monoisotopic (exact) mass is 240 g/mol. The molecule has 3 aromatic rings. The second-order valence-corrected chi connectivity index (χ2v) is 4.02. The van der Waals surface area contributed by atoms with Gasteiger partial charge in [0.1, 0.15) is 0 Å². The first-order valence-corrected chi connectivity index (χ1v) is 5.67. The summed E-state index contributed by atoms with van der Waals surface area (Å²) in [6, 6.07) is 7.92.